The highest BCUT2D eigenvalue weighted by Crippen LogP contribution is 2.23. The molecule has 0 saturated carbocycles. The third-order valence-electron chi connectivity index (χ3n) is 2.98. The zero-order chi connectivity index (χ0) is 14.9. The number of hydrazone groups is 1. The number of thiophene rings is 1. The van der Waals surface area contributed by atoms with Crippen molar-refractivity contribution in [1.29, 1.82) is 0 Å². The van der Waals surface area contributed by atoms with Crippen LogP contribution in [0.3, 0.4) is 0 Å². The Morgan fingerprint density at radius 2 is 2.15 bits per heavy atom. The van der Waals surface area contributed by atoms with Crippen molar-refractivity contribution < 1.29 is 9.59 Å². The molecule has 0 aliphatic carbocycles. The lowest BCUT2D eigenvalue weighted by Gasteiger charge is -2.15. The van der Waals surface area contributed by atoms with E-state index < -0.39 is 5.92 Å². The van der Waals surface area contributed by atoms with Crippen molar-refractivity contribution in [2.45, 2.75) is 27.7 Å². The standard InChI is InChI=1S/C14H19N3O2S/c1-8(2)7-17-14(19)12(10(4)16-17)13(18)15-11-6-5-9(3)20-11/h5-6,8,12H,7H2,1-4H3,(H,15,18). The summed E-state index contributed by atoms with van der Waals surface area (Å²) >= 11 is 1.49. The van der Waals surface area contributed by atoms with Gasteiger partial charge in [-0.3, -0.25) is 9.59 Å². The second-order valence-corrected chi connectivity index (χ2v) is 6.68. The van der Waals surface area contributed by atoms with Crippen LogP contribution in [0.5, 0.6) is 0 Å². The monoisotopic (exact) mass is 293 g/mol. The Morgan fingerprint density at radius 1 is 1.45 bits per heavy atom. The number of aryl methyl sites for hydroxylation is 1. The quantitative estimate of drug-likeness (QED) is 0.867. The molecular formula is C14H19N3O2S. The van der Waals surface area contributed by atoms with Crippen LogP contribution in [0.25, 0.3) is 0 Å². The third-order valence-corrected chi connectivity index (χ3v) is 3.90. The molecule has 2 heterocycles. The van der Waals surface area contributed by atoms with Crippen molar-refractivity contribution in [3.8, 4) is 0 Å². The highest BCUT2D eigenvalue weighted by molar-refractivity contribution is 7.16. The number of rotatable bonds is 4. The Kier molecular flexibility index (Phi) is 4.23. The maximum absolute atomic E-state index is 12.2. The molecule has 20 heavy (non-hydrogen) atoms. The molecule has 1 aliphatic rings. The Hall–Kier alpha value is -1.69. The first-order valence-corrected chi connectivity index (χ1v) is 7.44. The Balaban J connectivity index is 2.07. The minimum absolute atomic E-state index is 0.234. The molecule has 0 saturated heterocycles. The van der Waals surface area contributed by atoms with Gasteiger partial charge >= 0.3 is 0 Å². The van der Waals surface area contributed by atoms with E-state index in [4.69, 9.17) is 0 Å². The first kappa shape index (κ1) is 14.7. The SMILES string of the molecule is CC1=NN(CC(C)C)C(=O)C1C(=O)Nc1ccc(C)s1. The van der Waals surface area contributed by atoms with Gasteiger partial charge in [-0.15, -0.1) is 11.3 Å². The third kappa shape index (κ3) is 3.07. The van der Waals surface area contributed by atoms with E-state index in [-0.39, 0.29) is 11.8 Å². The highest BCUT2D eigenvalue weighted by atomic mass is 32.1. The summed E-state index contributed by atoms with van der Waals surface area (Å²) < 4.78 is 0. The second-order valence-electron chi connectivity index (χ2n) is 5.39. The molecule has 0 bridgehead atoms. The minimum Gasteiger partial charge on any atom is -0.317 e. The number of nitrogens with zero attached hydrogens (tertiary/aromatic N) is 2. The lowest BCUT2D eigenvalue weighted by atomic mass is 10.0. The molecule has 2 rings (SSSR count). The zero-order valence-corrected chi connectivity index (χ0v) is 13.0. The summed E-state index contributed by atoms with van der Waals surface area (Å²) in [5.74, 6) is -1.01. The van der Waals surface area contributed by atoms with Gasteiger partial charge in [-0.25, -0.2) is 5.01 Å². The zero-order valence-electron chi connectivity index (χ0n) is 12.1. The maximum Gasteiger partial charge on any atom is 0.261 e. The van der Waals surface area contributed by atoms with Gasteiger partial charge in [0.2, 0.25) is 5.91 Å². The number of carbonyl (C=O) groups excluding carboxylic acids is 2. The molecule has 1 N–H and O–H groups in total. The van der Waals surface area contributed by atoms with Crippen molar-refractivity contribution >= 4 is 33.9 Å². The van der Waals surface area contributed by atoms with Crippen LogP contribution in [0.4, 0.5) is 5.00 Å². The number of amides is 2. The molecule has 0 radical (unpaired) electrons. The summed E-state index contributed by atoms with van der Waals surface area (Å²) in [6.45, 7) is 8.26. The molecule has 1 aliphatic heterocycles. The number of hydrogen-bond acceptors (Lipinski definition) is 4. The molecule has 1 aromatic rings. The van der Waals surface area contributed by atoms with Crippen LogP contribution in [0.2, 0.25) is 0 Å². The van der Waals surface area contributed by atoms with Crippen molar-refractivity contribution in [3.05, 3.63) is 17.0 Å². The molecule has 1 atom stereocenters. The number of nitrogens with one attached hydrogen (secondary N) is 1. The van der Waals surface area contributed by atoms with Crippen LogP contribution in [0.1, 0.15) is 25.6 Å². The van der Waals surface area contributed by atoms with E-state index in [9.17, 15) is 9.59 Å². The summed E-state index contributed by atoms with van der Waals surface area (Å²) in [5, 5.41) is 9.16. The van der Waals surface area contributed by atoms with Crippen molar-refractivity contribution in [1.82, 2.24) is 5.01 Å². The lowest BCUT2D eigenvalue weighted by Crippen LogP contribution is -2.37. The molecule has 0 spiro atoms. The average molecular weight is 293 g/mol. The van der Waals surface area contributed by atoms with Gasteiger partial charge in [0.1, 0.15) is 0 Å². The van der Waals surface area contributed by atoms with E-state index in [1.165, 1.54) is 16.3 Å². The predicted octanol–water partition coefficient (Wildman–Crippen LogP) is 2.49. The Bertz CT molecular complexity index is 563. The smallest absolute Gasteiger partial charge is 0.261 e. The summed E-state index contributed by atoms with van der Waals surface area (Å²) in [5.41, 5.74) is 0.557. The summed E-state index contributed by atoms with van der Waals surface area (Å²) in [7, 11) is 0. The van der Waals surface area contributed by atoms with Crippen LogP contribution in [-0.2, 0) is 9.59 Å². The number of carbonyl (C=O) groups is 2. The van der Waals surface area contributed by atoms with Crippen LogP contribution in [-0.4, -0.2) is 29.1 Å². The Labute approximate surface area is 122 Å². The highest BCUT2D eigenvalue weighted by Gasteiger charge is 2.39. The summed E-state index contributed by atoms with van der Waals surface area (Å²) in [6.07, 6.45) is 0. The van der Waals surface area contributed by atoms with E-state index >= 15 is 0 Å². The topological polar surface area (TPSA) is 61.8 Å². The van der Waals surface area contributed by atoms with E-state index in [0.717, 1.165) is 9.88 Å². The lowest BCUT2D eigenvalue weighted by molar-refractivity contribution is -0.136. The molecule has 108 valence electrons. The molecule has 1 unspecified atom stereocenters. The van der Waals surface area contributed by atoms with Crippen molar-refractivity contribution in [2.75, 3.05) is 11.9 Å². The van der Waals surface area contributed by atoms with Crippen LogP contribution in [0, 0.1) is 18.8 Å². The molecule has 5 nitrogen and oxygen atoms in total. The molecule has 2 amide bonds. The number of hydrogen-bond donors (Lipinski definition) is 1. The van der Waals surface area contributed by atoms with Gasteiger partial charge in [0.15, 0.2) is 5.92 Å². The molecule has 6 heteroatoms. The molecule has 1 aromatic heterocycles. The summed E-state index contributed by atoms with van der Waals surface area (Å²) in [6, 6.07) is 3.78. The predicted molar refractivity (Wildman–Crippen MR) is 80.8 cm³/mol. The molecule has 0 fully saturated rings. The van der Waals surface area contributed by atoms with E-state index in [0.29, 0.717) is 18.2 Å². The minimum atomic E-state index is -0.795. The van der Waals surface area contributed by atoms with Crippen molar-refractivity contribution in [2.24, 2.45) is 16.9 Å². The van der Waals surface area contributed by atoms with E-state index in [1.54, 1.807) is 6.92 Å². The summed E-state index contributed by atoms with van der Waals surface area (Å²) in [4.78, 5) is 25.6. The van der Waals surface area contributed by atoms with Crippen LogP contribution < -0.4 is 5.32 Å². The van der Waals surface area contributed by atoms with Gasteiger partial charge in [-0.05, 0) is 31.9 Å². The van der Waals surface area contributed by atoms with Gasteiger partial charge in [0.05, 0.1) is 10.7 Å². The fourth-order valence-corrected chi connectivity index (χ4v) is 2.87. The largest absolute Gasteiger partial charge is 0.317 e. The van der Waals surface area contributed by atoms with Gasteiger partial charge in [-0.1, -0.05) is 13.8 Å². The second kappa shape index (κ2) is 5.75. The maximum atomic E-state index is 12.2. The van der Waals surface area contributed by atoms with Gasteiger partial charge in [0, 0.05) is 11.4 Å². The molecule has 0 aromatic carbocycles. The van der Waals surface area contributed by atoms with Gasteiger partial charge < -0.3 is 5.32 Å². The first-order chi connectivity index (χ1) is 9.38. The average Bonchev–Trinajstić information content (AvgIpc) is 2.83. The normalized spacial score (nSPS) is 18.6. The first-order valence-electron chi connectivity index (χ1n) is 6.62. The van der Waals surface area contributed by atoms with Gasteiger partial charge in [-0.2, -0.15) is 5.10 Å². The fraction of sp³-hybridized carbons (Fsp3) is 0.500. The van der Waals surface area contributed by atoms with Gasteiger partial charge in [0.25, 0.3) is 5.91 Å². The van der Waals surface area contributed by atoms with Crippen LogP contribution in [0.15, 0.2) is 17.2 Å². The van der Waals surface area contributed by atoms with Crippen molar-refractivity contribution in [3.63, 3.8) is 0 Å². The van der Waals surface area contributed by atoms with E-state index in [1.807, 2.05) is 32.9 Å². The number of anilines is 1. The van der Waals surface area contributed by atoms with E-state index in [2.05, 4.69) is 10.4 Å². The fourth-order valence-electron chi connectivity index (χ4n) is 2.10. The van der Waals surface area contributed by atoms with Crippen LogP contribution >= 0.6 is 11.3 Å². The Morgan fingerprint density at radius 3 is 2.70 bits per heavy atom. The molecular weight excluding hydrogens is 274 g/mol.